The number of halogens is 2. The van der Waals surface area contributed by atoms with Crippen molar-refractivity contribution >= 4 is 45.7 Å². The van der Waals surface area contributed by atoms with Crippen LogP contribution in [-0.2, 0) is 0 Å². The number of carbonyl (C=O) groups is 1. The highest BCUT2D eigenvalue weighted by molar-refractivity contribution is 6.31. The standard InChI is InChI=1S/C40H27Cl2N5O/c41-29-19-15-27(16-20-29)35-23-33(32-13-7-8-14-34(32)43-35)40(48)47-39(25-37(45-47)28-17-21-30(42)22-18-28)38-24-36(26-9-3-1-4-10-26)44-46(38)31-11-5-2-6-12-31/h1-24,39H,25H2. The van der Waals surface area contributed by atoms with Crippen LogP contribution in [0.2, 0.25) is 10.0 Å². The highest BCUT2D eigenvalue weighted by atomic mass is 35.5. The van der Waals surface area contributed by atoms with Crippen LogP contribution in [0.3, 0.4) is 0 Å². The molecule has 8 heteroatoms. The molecule has 8 rings (SSSR count). The van der Waals surface area contributed by atoms with Crippen molar-refractivity contribution in [2.45, 2.75) is 12.5 Å². The van der Waals surface area contributed by atoms with Gasteiger partial charge in [0.15, 0.2) is 0 Å². The highest BCUT2D eigenvalue weighted by Gasteiger charge is 2.37. The first-order valence-electron chi connectivity index (χ1n) is 15.6. The van der Waals surface area contributed by atoms with Crippen molar-refractivity contribution < 1.29 is 4.79 Å². The van der Waals surface area contributed by atoms with E-state index in [2.05, 4.69) is 6.07 Å². The van der Waals surface area contributed by atoms with Crippen molar-refractivity contribution in [1.82, 2.24) is 19.8 Å². The van der Waals surface area contributed by atoms with E-state index in [9.17, 15) is 4.79 Å². The van der Waals surface area contributed by atoms with Gasteiger partial charge in [0.2, 0.25) is 0 Å². The molecule has 0 saturated heterocycles. The molecule has 0 bridgehead atoms. The number of hydrazone groups is 1. The Labute approximate surface area is 287 Å². The lowest BCUT2D eigenvalue weighted by Crippen LogP contribution is -2.29. The fourth-order valence-electron chi connectivity index (χ4n) is 6.15. The Kier molecular flexibility index (Phi) is 7.81. The molecule has 1 amide bonds. The van der Waals surface area contributed by atoms with Gasteiger partial charge in [-0.25, -0.2) is 14.7 Å². The molecule has 0 spiro atoms. The number of para-hydroxylation sites is 2. The van der Waals surface area contributed by atoms with Gasteiger partial charge >= 0.3 is 0 Å². The number of amides is 1. The summed E-state index contributed by atoms with van der Waals surface area (Å²) >= 11 is 12.4. The molecule has 0 aliphatic carbocycles. The van der Waals surface area contributed by atoms with Crippen LogP contribution >= 0.6 is 23.2 Å². The van der Waals surface area contributed by atoms with Crippen molar-refractivity contribution in [3.05, 3.63) is 172 Å². The van der Waals surface area contributed by atoms with E-state index in [-0.39, 0.29) is 5.91 Å². The van der Waals surface area contributed by atoms with Gasteiger partial charge in [-0.05, 0) is 60.2 Å². The van der Waals surface area contributed by atoms with Crippen LogP contribution in [0.4, 0.5) is 0 Å². The number of carbonyl (C=O) groups excluding carboxylic acids is 1. The molecule has 3 heterocycles. The minimum absolute atomic E-state index is 0.236. The normalized spacial score (nSPS) is 14.3. The third-order valence-corrected chi connectivity index (χ3v) is 9.04. The Morgan fingerprint density at radius 1 is 0.646 bits per heavy atom. The first-order valence-corrected chi connectivity index (χ1v) is 16.3. The molecule has 1 atom stereocenters. The number of nitrogens with zero attached hydrogens (tertiary/aromatic N) is 5. The molecule has 0 N–H and O–H groups in total. The van der Waals surface area contributed by atoms with Crippen LogP contribution in [0.5, 0.6) is 0 Å². The van der Waals surface area contributed by atoms with Gasteiger partial charge in [0.1, 0.15) is 6.04 Å². The second-order valence-electron chi connectivity index (χ2n) is 11.6. The van der Waals surface area contributed by atoms with Crippen molar-refractivity contribution in [3.8, 4) is 28.2 Å². The van der Waals surface area contributed by atoms with E-state index < -0.39 is 6.04 Å². The number of rotatable bonds is 6. The summed E-state index contributed by atoms with van der Waals surface area (Å²) in [6.07, 6.45) is 0.479. The first kappa shape index (κ1) is 29.8. The zero-order valence-corrected chi connectivity index (χ0v) is 27.1. The topological polar surface area (TPSA) is 63.4 Å². The SMILES string of the molecule is O=C(c1cc(-c2ccc(Cl)cc2)nc2ccccc12)N1N=C(c2ccc(Cl)cc2)CC1c1cc(-c2ccccc2)nn1-c1ccccc1. The summed E-state index contributed by atoms with van der Waals surface area (Å²) in [5.74, 6) is -0.236. The number of benzene rings is 5. The van der Waals surface area contributed by atoms with Gasteiger partial charge in [-0.15, -0.1) is 0 Å². The Morgan fingerprint density at radius 3 is 1.96 bits per heavy atom. The zero-order chi connectivity index (χ0) is 32.6. The van der Waals surface area contributed by atoms with Gasteiger partial charge in [-0.3, -0.25) is 4.79 Å². The monoisotopic (exact) mass is 663 g/mol. The Balaban J connectivity index is 1.30. The minimum Gasteiger partial charge on any atom is -0.267 e. The van der Waals surface area contributed by atoms with Gasteiger partial charge in [-0.1, -0.05) is 114 Å². The van der Waals surface area contributed by atoms with Crippen LogP contribution in [-0.4, -0.2) is 31.4 Å². The van der Waals surface area contributed by atoms with Crippen molar-refractivity contribution in [3.63, 3.8) is 0 Å². The lowest BCUT2D eigenvalue weighted by Gasteiger charge is -2.23. The van der Waals surface area contributed by atoms with Gasteiger partial charge in [0.05, 0.1) is 39.6 Å². The predicted octanol–water partition coefficient (Wildman–Crippen LogP) is 10.1. The molecule has 232 valence electrons. The smallest absolute Gasteiger partial charge is 0.267 e. The van der Waals surface area contributed by atoms with Crippen molar-refractivity contribution in [1.29, 1.82) is 0 Å². The summed E-state index contributed by atoms with van der Waals surface area (Å²) in [6.45, 7) is 0. The first-order chi connectivity index (χ1) is 23.5. The van der Waals surface area contributed by atoms with Gasteiger partial charge in [0.25, 0.3) is 5.91 Å². The quantitative estimate of drug-likeness (QED) is 0.178. The fourth-order valence-corrected chi connectivity index (χ4v) is 6.40. The lowest BCUT2D eigenvalue weighted by atomic mass is 9.99. The summed E-state index contributed by atoms with van der Waals surface area (Å²) in [6, 6.07) is 46.2. The number of pyridine rings is 1. The largest absolute Gasteiger partial charge is 0.275 e. The Hall–Kier alpha value is -5.56. The predicted molar refractivity (Wildman–Crippen MR) is 193 cm³/mol. The van der Waals surface area contributed by atoms with Crippen LogP contribution in [0.25, 0.3) is 39.1 Å². The highest BCUT2D eigenvalue weighted by Crippen LogP contribution is 2.38. The molecule has 0 saturated carbocycles. The molecule has 6 nitrogen and oxygen atoms in total. The number of hydrogen-bond acceptors (Lipinski definition) is 4. The van der Waals surface area contributed by atoms with Gasteiger partial charge < -0.3 is 0 Å². The van der Waals surface area contributed by atoms with E-state index in [1.165, 1.54) is 0 Å². The average molecular weight is 665 g/mol. The Bertz CT molecular complexity index is 2300. The zero-order valence-electron chi connectivity index (χ0n) is 25.5. The van der Waals surface area contributed by atoms with Crippen LogP contribution in [0, 0.1) is 0 Å². The molecular weight excluding hydrogens is 637 g/mol. The van der Waals surface area contributed by atoms with E-state index in [1.807, 2.05) is 144 Å². The van der Waals surface area contributed by atoms with Gasteiger partial charge in [-0.2, -0.15) is 10.2 Å². The van der Waals surface area contributed by atoms with Crippen LogP contribution < -0.4 is 0 Å². The molecule has 5 aromatic carbocycles. The summed E-state index contributed by atoms with van der Waals surface area (Å²) in [5, 5.41) is 13.7. The molecule has 1 unspecified atom stereocenters. The van der Waals surface area contributed by atoms with Crippen LogP contribution in [0.1, 0.15) is 34.1 Å². The molecule has 1 aliphatic heterocycles. The van der Waals surface area contributed by atoms with E-state index in [1.54, 1.807) is 5.01 Å². The molecule has 7 aromatic rings. The third-order valence-electron chi connectivity index (χ3n) is 8.53. The summed E-state index contributed by atoms with van der Waals surface area (Å²) in [4.78, 5) is 19.9. The van der Waals surface area contributed by atoms with Crippen molar-refractivity contribution in [2.75, 3.05) is 0 Å². The summed E-state index contributed by atoms with van der Waals surface area (Å²) in [5.41, 5.74) is 7.95. The maximum Gasteiger partial charge on any atom is 0.275 e. The molecule has 2 aromatic heterocycles. The van der Waals surface area contributed by atoms with E-state index >= 15 is 0 Å². The van der Waals surface area contributed by atoms with Gasteiger partial charge in [0, 0.05) is 33.0 Å². The number of hydrogen-bond donors (Lipinski definition) is 0. The maximum absolute atomic E-state index is 15.0. The van der Waals surface area contributed by atoms with E-state index in [4.69, 9.17) is 38.4 Å². The molecule has 0 radical (unpaired) electrons. The summed E-state index contributed by atoms with van der Waals surface area (Å²) < 4.78 is 1.93. The molecule has 0 fully saturated rings. The lowest BCUT2D eigenvalue weighted by molar-refractivity contribution is 0.0708. The second-order valence-corrected chi connectivity index (χ2v) is 12.4. The number of aromatic nitrogens is 3. The van der Waals surface area contributed by atoms with Crippen molar-refractivity contribution in [2.24, 2.45) is 5.10 Å². The molecule has 1 aliphatic rings. The fraction of sp³-hybridized carbons (Fsp3) is 0.0500. The summed E-state index contributed by atoms with van der Waals surface area (Å²) in [7, 11) is 0. The maximum atomic E-state index is 15.0. The molecule has 48 heavy (non-hydrogen) atoms. The second kappa shape index (κ2) is 12.6. The average Bonchev–Trinajstić information content (AvgIpc) is 3.78. The molecular formula is C40H27Cl2N5O. The minimum atomic E-state index is -0.459. The van der Waals surface area contributed by atoms with E-state index in [0.29, 0.717) is 33.2 Å². The van der Waals surface area contributed by atoms with Crippen LogP contribution in [0.15, 0.2) is 151 Å². The van der Waals surface area contributed by atoms with E-state index in [0.717, 1.165) is 44.9 Å². The third kappa shape index (κ3) is 5.66. The number of fused-ring (bicyclic) bond motifs is 1. The Morgan fingerprint density at radius 2 is 1.25 bits per heavy atom.